The van der Waals surface area contributed by atoms with Crippen LogP contribution in [0, 0.1) is 17.8 Å². The Morgan fingerprint density at radius 3 is 2.32 bits per heavy atom. The maximum atomic E-state index is 13.6. The first-order valence-electron chi connectivity index (χ1n) is 10.7. The van der Waals surface area contributed by atoms with E-state index in [1.165, 1.54) is 11.8 Å². The summed E-state index contributed by atoms with van der Waals surface area (Å²) in [7, 11) is -3.34. The van der Waals surface area contributed by atoms with Crippen molar-refractivity contribution >= 4 is 38.4 Å². The summed E-state index contributed by atoms with van der Waals surface area (Å²) < 4.78 is 24.1. The number of sulfone groups is 1. The molecule has 3 unspecified atom stereocenters. The highest BCUT2D eigenvalue weighted by atomic mass is 32.2. The lowest BCUT2D eigenvalue weighted by Crippen LogP contribution is -2.52. The van der Waals surface area contributed by atoms with E-state index in [0.29, 0.717) is 5.92 Å². The van der Waals surface area contributed by atoms with Gasteiger partial charge in [0.2, 0.25) is 5.91 Å². The maximum absolute atomic E-state index is 13.6. The number of carboxylic acids is 1. The highest BCUT2D eigenvalue weighted by Crippen LogP contribution is 2.46. The standard InChI is InChI=1S/C23H31NO5S2/c1-15-9-11-18(12-10-15)21(25)24(16(2)14-31(3,28)29)22-19(23(26)27)13-20(30-22)17-7-5-4-6-8-17/h4-8,13,15-16,18-19,22H,9-12,14H2,1-3H3,(H,26,27). The smallest absolute Gasteiger partial charge is 0.313 e. The Morgan fingerprint density at radius 2 is 1.77 bits per heavy atom. The largest absolute Gasteiger partial charge is 0.481 e. The molecule has 1 amide bonds. The molecular formula is C23H31NO5S2. The van der Waals surface area contributed by atoms with Gasteiger partial charge in [-0.05, 0) is 44.1 Å². The number of hydrogen-bond acceptors (Lipinski definition) is 5. The summed E-state index contributed by atoms with van der Waals surface area (Å²) >= 11 is 1.35. The quantitative estimate of drug-likeness (QED) is 0.657. The summed E-state index contributed by atoms with van der Waals surface area (Å²) in [5.41, 5.74) is 0.899. The van der Waals surface area contributed by atoms with Crippen LogP contribution in [-0.2, 0) is 19.4 Å². The van der Waals surface area contributed by atoms with Gasteiger partial charge in [0.05, 0.1) is 11.1 Å². The zero-order chi connectivity index (χ0) is 22.8. The third-order valence-electron chi connectivity index (χ3n) is 6.14. The second kappa shape index (κ2) is 9.77. The lowest BCUT2D eigenvalue weighted by atomic mass is 9.82. The van der Waals surface area contributed by atoms with Crippen LogP contribution in [0.1, 0.15) is 45.1 Å². The SMILES string of the molecule is CC1CCC(C(=O)N(C(C)CS(C)(=O)=O)C2SC(c3ccccc3)=CC2C(=O)O)CC1. The average Bonchev–Trinajstić information content (AvgIpc) is 3.13. The van der Waals surface area contributed by atoms with Crippen LogP contribution >= 0.6 is 11.8 Å². The molecule has 0 bridgehead atoms. The van der Waals surface area contributed by atoms with Gasteiger partial charge < -0.3 is 10.0 Å². The molecule has 1 aromatic carbocycles. The van der Waals surface area contributed by atoms with E-state index in [0.717, 1.165) is 42.4 Å². The third kappa shape index (κ3) is 5.92. The molecule has 6 nitrogen and oxygen atoms in total. The Labute approximate surface area is 189 Å². The van der Waals surface area contributed by atoms with Crippen molar-refractivity contribution in [1.29, 1.82) is 0 Å². The van der Waals surface area contributed by atoms with Gasteiger partial charge >= 0.3 is 5.97 Å². The van der Waals surface area contributed by atoms with Gasteiger partial charge in [0.15, 0.2) is 0 Å². The second-order valence-corrected chi connectivity index (χ2v) is 12.3. The summed E-state index contributed by atoms with van der Waals surface area (Å²) in [5, 5.41) is 9.25. The van der Waals surface area contributed by atoms with E-state index in [2.05, 4.69) is 6.92 Å². The van der Waals surface area contributed by atoms with Gasteiger partial charge in [0.1, 0.15) is 15.8 Å². The van der Waals surface area contributed by atoms with Gasteiger partial charge in [-0.25, -0.2) is 8.42 Å². The number of thioether (sulfide) groups is 1. The van der Waals surface area contributed by atoms with Gasteiger partial charge in [-0.3, -0.25) is 9.59 Å². The average molecular weight is 466 g/mol. The molecule has 0 radical (unpaired) electrons. The van der Waals surface area contributed by atoms with E-state index < -0.39 is 33.1 Å². The van der Waals surface area contributed by atoms with Crippen molar-refractivity contribution in [2.24, 2.45) is 17.8 Å². The van der Waals surface area contributed by atoms with Gasteiger partial charge in [-0.1, -0.05) is 55.1 Å². The lowest BCUT2D eigenvalue weighted by Gasteiger charge is -2.39. The van der Waals surface area contributed by atoms with Gasteiger partial charge in [-0.2, -0.15) is 0 Å². The highest BCUT2D eigenvalue weighted by molar-refractivity contribution is 8.09. The molecule has 170 valence electrons. The molecule has 1 N–H and O–H groups in total. The molecule has 3 atom stereocenters. The van der Waals surface area contributed by atoms with Crippen molar-refractivity contribution in [1.82, 2.24) is 4.90 Å². The Kier molecular flexibility index (Phi) is 7.52. The van der Waals surface area contributed by atoms with Crippen LogP contribution in [-0.4, -0.2) is 53.7 Å². The first-order chi connectivity index (χ1) is 14.6. The number of rotatable bonds is 7. The minimum absolute atomic E-state index is 0.116. The van der Waals surface area contributed by atoms with Crippen LogP contribution in [0.25, 0.3) is 4.91 Å². The zero-order valence-corrected chi connectivity index (χ0v) is 19.9. The molecule has 8 heteroatoms. The summed E-state index contributed by atoms with van der Waals surface area (Å²) in [6, 6.07) is 8.88. The minimum Gasteiger partial charge on any atom is -0.481 e. The van der Waals surface area contributed by atoms with E-state index >= 15 is 0 Å². The van der Waals surface area contributed by atoms with Crippen LogP contribution in [0.2, 0.25) is 0 Å². The lowest BCUT2D eigenvalue weighted by molar-refractivity contribution is -0.145. The number of aliphatic carboxylic acids is 1. The van der Waals surface area contributed by atoms with Crippen LogP contribution < -0.4 is 0 Å². The molecule has 0 saturated heterocycles. The number of carboxylic acid groups (broad SMARTS) is 1. The van der Waals surface area contributed by atoms with Crippen molar-refractivity contribution in [2.45, 2.75) is 50.9 Å². The molecule has 1 aliphatic carbocycles. The number of amides is 1. The third-order valence-corrected chi connectivity index (χ3v) is 8.62. The van der Waals surface area contributed by atoms with E-state index in [-0.39, 0.29) is 17.6 Å². The van der Waals surface area contributed by atoms with Crippen molar-refractivity contribution in [3.63, 3.8) is 0 Å². The predicted octanol–water partition coefficient (Wildman–Crippen LogP) is 3.89. The van der Waals surface area contributed by atoms with Gasteiger partial charge in [0.25, 0.3) is 0 Å². The normalized spacial score (nSPS) is 27.4. The Morgan fingerprint density at radius 1 is 1.16 bits per heavy atom. The molecule has 1 aliphatic heterocycles. The Balaban J connectivity index is 1.93. The van der Waals surface area contributed by atoms with Crippen LogP contribution in [0.4, 0.5) is 0 Å². The van der Waals surface area contributed by atoms with Gasteiger partial charge in [-0.15, -0.1) is 0 Å². The van der Waals surface area contributed by atoms with E-state index in [1.807, 2.05) is 30.3 Å². The molecule has 1 aromatic rings. The van der Waals surface area contributed by atoms with Crippen molar-refractivity contribution in [3.05, 3.63) is 42.0 Å². The van der Waals surface area contributed by atoms with Gasteiger partial charge in [0, 0.05) is 23.1 Å². The van der Waals surface area contributed by atoms with Crippen LogP contribution in [0.3, 0.4) is 0 Å². The molecule has 1 fully saturated rings. The van der Waals surface area contributed by atoms with Crippen LogP contribution in [0.15, 0.2) is 36.4 Å². The summed E-state index contributed by atoms with van der Waals surface area (Å²) in [6.07, 6.45) is 6.28. The first-order valence-corrected chi connectivity index (χ1v) is 13.7. The molecule has 3 rings (SSSR count). The molecule has 0 aromatic heterocycles. The Hall–Kier alpha value is -1.80. The molecule has 1 saturated carbocycles. The molecule has 0 spiro atoms. The molecular weight excluding hydrogens is 434 g/mol. The first kappa shape index (κ1) is 23.9. The van der Waals surface area contributed by atoms with E-state index in [4.69, 9.17) is 0 Å². The van der Waals surface area contributed by atoms with Crippen molar-refractivity contribution in [2.75, 3.05) is 12.0 Å². The second-order valence-electron chi connectivity index (χ2n) is 8.91. The fourth-order valence-corrected chi connectivity index (χ4v) is 7.07. The molecule has 31 heavy (non-hydrogen) atoms. The topological polar surface area (TPSA) is 91.8 Å². The fraction of sp³-hybridized carbons (Fsp3) is 0.565. The number of carbonyl (C=O) groups excluding carboxylic acids is 1. The number of carbonyl (C=O) groups is 2. The van der Waals surface area contributed by atoms with E-state index in [9.17, 15) is 23.1 Å². The van der Waals surface area contributed by atoms with Crippen molar-refractivity contribution in [3.8, 4) is 0 Å². The Bertz CT molecular complexity index is 936. The highest BCUT2D eigenvalue weighted by Gasteiger charge is 2.44. The fourth-order valence-electron chi connectivity index (χ4n) is 4.51. The molecule has 1 heterocycles. The minimum atomic E-state index is -3.34. The summed E-state index contributed by atoms with van der Waals surface area (Å²) in [4.78, 5) is 28.1. The summed E-state index contributed by atoms with van der Waals surface area (Å²) in [5.74, 6) is -1.82. The number of benzene rings is 1. The van der Waals surface area contributed by atoms with E-state index in [1.54, 1.807) is 17.9 Å². The zero-order valence-electron chi connectivity index (χ0n) is 18.2. The maximum Gasteiger partial charge on any atom is 0.313 e. The van der Waals surface area contributed by atoms with Crippen LogP contribution in [0.5, 0.6) is 0 Å². The predicted molar refractivity (Wildman–Crippen MR) is 124 cm³/mol. The number of nitrogens with zero attached hydrogens (tertiary/aromatic N) is 1. The summed E-state index contributed by atoms with van der Waals surface area (Å²) in [6.45, 7) is 3.89. The molecule has 2 aliphatic rings. The van der Waals surface area contributed by atoms with Crippen molar-refractivity contribution < 1.29 is 23.1 Å². The monoisotopic (exact) mass is 465 g/mol. The number of hydrogen-bond donors (Lipinski definition) is 1.